The Morgan fingerprint density at radius 2 is 1.97 bits per heavy atom. The normalized spacial score (nSPS) is 18.4. The second-order valence-electron chi connectivity index (χ2n) is 9.66. The monoisotopic (exact) mass is 472 g/mol. The van der Waals surface area contributed by atoms with Crippen molar-refractivity contribution < 1.29 is 19.4 Å². The van der Waals surface area contributed by atoms with Gasteiger partial charge in [-0.25, -0.2) is 4.68 Å². The number of aromatic hydroxyl groups is 1. The van der Waals surface area contributed by atoms with Crippen LogP contribution < -0.4 is 15.4 Å². The second-order valence-corrected chi connectivity index (χ2v) is 9.66. The van der Waals surface area contributed by atoms with Crippen LogP contribution in [0.4, 0.5) is 11.5 Å². The average Bonchev–Trinajstić information content (AvgIpc) is 3.23. The summed E-state index contributed by atoms with van der Waals surface area (Å²) in [4.78, 5) is 26.6. The number of carbonyl (C=O) groups excluding carboxylic acids is 2. The summed E-state index contributed by atoms with van der Waals surface area (Å²) < 4.78 is 7.21. The molecule has 8 nitrogen and oxygen atoms in total. The van der Waals surface area contributed by atoms with E-state index < -0.39 is 6.04 Å². The molecular weight excluding hydrogens is 444 g/mol. The van der Waals surface area contributed by atoms with E-state index in [1.165, 1.54) is 6.20 Å². The lowest BCUT2D eigenvalue weighted by molar-refractivity contribution is -0.118. The number of fused-ring (bicyclic) bond motifs is 1. The number of Topliss-reactive ketones (excluding diaryl/α,β-unsaturated/α-hetero) is 1. The van der Waals surface area contributed by atoms with E-state index in [1.54, 1.807) is 22.9 Å². The van der Waals surface area contributed by atoms with Crippen molar-refractivity contribution in [3.8, 4) is 11.5 Å². The smallest absolute Gasteiger partial charge is 0.261 e. The Labute approximate surface area is 203 Å². The fourth-order valence-corrected chi connectivity index (χ4v) is 4.92. The Hall–Kier alpha value is -4.07. The van der Waals surface area contributed by atoms with Gasteiger partial charge in [-0.3, -0.25) is 9.59 Å². The van der Waals surface area contributed by atoms with E-state index in [1.807, 2.05) is 51.1 Å². The quantitative estimate of drug-likeness (QED) is 0.488. The van der Waals surface area contributed by atoms with Crippen LogP contribution in [-0.2, 0) is 4.79 Å². The van der Waals surface area contributed by atoms with Crippen LogP contribution >= 0.6 is 0 Å². The summed E-state index contributed by atoms with van der Waals surface area (Å²) in [5.41, 5.74) is 2.58. The molecule has 3 N–H and O–H groups in total. The number of allylic oxidation sites excluding steroid dienone is 2. The molecule has 0 radical (unpaired) electrons. The third kappa shape index (κ3) is 4.05. The van der Waals surface area contributed by atoms with Crippen molar-refractivity contribution >= 4 is 23.2 Å². The van der Waals surface area contributed by atoms with Crippen LogP contribution in [-0.4, -0.2) is 33.2 Å². The number of ketones is 1. The number of nitrogens with zero attached hydrogens (tertiary/aromatic N) is 2. The molecule has 1 atom stereocenters. The summed E-state index contributed by atoms with van der Waals surface area (Å²) in [7, 11) is 0. The van der Waals surface area contributed by atoms with Crippen LogP contribution in [0, 0.1) is 5.41 Å². The maximum atomic E-state index is 13.4. The van der Waals surface area contributed by atoms with Gasteiger partial charge in [0.1, 0.15) is 17.4 Å². The highest BCUT2D eigenvalue weighted by Gasteiger charge is 2.43. The topological polar surface area (TPSA) is 105 Å². The molecule has 0 fully saturated rings. The summed E-state index contributed by atoms with van der Waals surface area (Å²) in [6.07, 6.45) is 2.50. The van der Waals surface area contributed by atoms with Gasteiger partial charge in [0.15, 0.2) is 17.3 Å². The first-order valence-electron chi connectivity index (χ1n) is 11.7. The maximum Gasteiger partial charge on any atom is 0.261 e. The lowest BCUT2D eigenvalue weighted by atomic mass is 9.73. The van der Waals surface area contributed by atoms with E-state index in [0.29, 0.717) is 53.4 Å². The predicted molar refractivity (Wildman–Crippen MR) is 133 cm³/mol. The highest BCUT2D eigenvalue weighted by Crippen LogP contribution is 2.49. The highest BCUT2D eigenvalue weighted by molar-refractivity contribution is 6.08. The number of carbonyl (C=O) groups is 2. The minimum atomic E-state index is -0.691. The number of para-hydroxylation sites is 2. The molecule has 2 aliphatic rings. The van der Waals surface area contributed by atoms with Gasteiger partial charge in [-0.15, -0.1) is 0 Å². The minimum absolute atomic E-state index is 0.00796. The molecule has 0 bridgehead atoms. The molecule has 5 rings (SSSR count). The van der Waals surface area contributed by atoms with E-state index in [0.717, 1.165) is 5.70 Å². The first-order valence-corrected chi connectivity index (χ1v) is 11.7. The van der Waals surface area contributed by atoms with Gasteiger partial charge >= 0.3 is 0 Å². The number of benzene rings is 2. The van der Waals surface area contributed by atoms with Gasteiger partial charge in [0.25, 0.3) is 5.91 Å². The molecule has 1 aromatic heterocycles. The third-order valence-electron chi connectivity index (χ3n) is 6.40. The average molecular weight is 473 g/mol. The minimum Gasteiger partial charge on any atom is -0.504 e. The van der Waals surface area contributed by atoms with Crippen LogP contribution in [0.15, 0.2) is 66.0 Å². The van der Waals surface area contributed by atoms with Crippen LogP contribution in [0.25, 0.3) is 0 Å². The van der Waals surface area contributed by atoms with Gasteiger partial charge in [0.05, 0.1) is 12.8 Å². The van der Waals surface area contributed by atoms with E-state index in [2.05, 4.69) is 15.7 Å². The van der Waals surface area contributed by atoms with E-state index >= 15 is 0 Å². The van der Waals surface area contributed by atoms with Crippen LogP contribution in [0.1, 0.15) is 55.6 Å². The largest absolute Gasteiger partial charge is 0.504 e. The van der Waals surface area contributed by atoms with Crippen LogP contribution in [0.5, 0.6) is 11.5 Å². The molecule has 1 aliphatic heterocycles. The van der Waals surface area contributed by atoms with E-state index in [9.17, 15) is 14.7 Å². The molecule has 0 saturated heterocycles. The maximum absolute atomic E-state index is 13.4. The number of phenolic OH excluding ortho intramolecular Hbond substituents is 1. The molecule has 2 aromatic carbocycles. The molecule has 3 aromatic rings. The Bertz CT molecular complexity index is 1340. The van der Waals surface area contributed by atoms with Gasteiger partial charge in [0, 0.05) is 28.9 Å². The second kappa shape index (κ2) is 8.61. The Morgan fingerprint density at radius 1 is 1.20 bits per heavy atom. The number of anilines is 2. The zero-order valence-electron chi connectivity index (χ0n) is 20.0. The Balaban J connectivity index is 1.64. The first-order chi connectivity index (χ1) is 16.8. The SMILES string of the molecule is CCOc1cccc([C@H]2C3=C(CC(C)(C)CC3=O)Nc3c(C(=O)Nc4ccccc4)cnn32)c1O. The summed E-state index contributed by atoms with van der Waals surface area (Å²) in [6, 6.07) is 13.7. The Kier molecular flexibility index (Phi) is 5.59. The third-order valence-corrected chi connectivity index (χ3v) is 6.40. The molecule has 180 valence electrons. The van der Waals surface area contributed by atoms with Crippen molar-refractivity contribution in [2.24, 2.45) is 5.41 Å². The fourth-order valence-electron chi connectivity index (χ4n) is 4.92. The summed E-state index contributed by atoms with van der Waals surface area (Å²) in [5, 5.41) is 21.8. The van der Waals surface area contributed by atoms with E-state index in [-0.39, 0.29) is 22.9 Å². The van der Waals surface area contributed by atoms with Crippen LogP contribution in [0.2, 0.25) is 0 Å². The summed E-state index contributed by atoms with van der Waals surface area (Å²) >= 11 is 0. The molecule has 0 saturated carbocycles. The van der Waals surface area contributed by atoms with Crippen molar-refractivity contribution in [2.75, 3.05) is 17.2 Å². The number of hydrogen-bond donors (Lipinski definition) is 3. The standard InChI is InChI=1S/C27H28N4O4/c1-4-35-21-12-8-11-17(24(21)33)23-22-19(13-27(2,3)14-20(22)32)30-25-18(15-28-31(23)25)26(34)29-16-9-6-5-7-10-16/h5-12,15,23,30,33H,4,13-14H2,1-3H3,(H,29,34)/t23-/m0/s1. The lowest BCUT2D eigenvalue weighted by Gasteiger charge is -2.39. The lowest BCUT2D eigenvalue weighted by Crippen LogP contribution is -2.37. The van der Waals surface area contributed by atoms with Gasteiger partial charge < -0.3 is 20.5 Å². The molecular formula is C27H28N4O4. The fraction of sp³-hybridized carbons (Fsp3) is 0.296. The molecule has 1 amide bonds. The Morgan fingerprint density at radius 3 is 2.71 bits per heavy atom. The number of aromatic nitrogens is 2. The van der Waals surface area contributed by atoms with Crippen molar-refractivity contribution in [3.05, 3.63) is 77.1 Å². The highest BCUT2D eigenvalue weighted by atomic mass is 16.5. The zero-order valence-corrected chi connectivity index (χ0v) is 20.0. The van der Waals surface area contributed by atoms with Crippen LogP contribution in [0.3, 0.4) is 0 Å². The predicted octanol–water partition coefficient (Wildman–Crippen LogP) is 4.90. The number of phenols is 1. The number of nitrogens with one attached hydrogen (secondary N) is 2. The number of rotatable bonds is 5. The van der Waals surface area contributed by atoms with Crippen molar-refractivity contribution in [1.82, 2.24) is 9.78 Å². The van der Waals surface area contributed by atoms with Gasteiger partial charge in [-0.1, -0.05) is 44.2 Å². The van der Waals surface area contributed by atoms with Crippen molar-refractivity contribution in [3.63, 3.8) is 0 Å². The zero-order chi connectivity index (χ0) is 24.7. The molecule has 2 heterocycles. The molecule has 8 heteroatoms. The van der Waals surface area contributed by atoms with Gasteiger partial charge in [-0.05, 0) is 37.0 Å². The molecule has 0 spiro atoms. The summed E-state index contributed by atoms with van der Waals surface area (Å²) in [6.45, 7) is 6.33. The van der Waals surface area contributed by atoms with Crippen molar-refractivity contribution in [2.45, 2.75) is 39.7 Å². The summed E-state index contributed by atoms with van der Waals surface area (Å²) in [5.74, 6) is 0.453. The van der Waals surface area contributed by atoms with Crippen molar-refractivity contribution in [1.29, 1.82) is 0 Å². The van der Waals surface area contributed by atoms with Gasteiger partial charge in [0.2, 0.25) is 0 Å². The number of hydrogen-bond acceptors (Lipinski definition) is 6. The number of amides is 1. The first kappa shape index (κ1) is 22.7. The molecule has 1 aliphatic carbocycles. The molecule has 35 heavy (non-hydrogen) atoms. The molecule has 0 unspecified atom stereocenters. The van der Waals surface area contributed by atoms with Gasteiger partial charge in [-0.2, -0.15) is 5.10 Å². The number of ether oxygens (including phenoxy) is 1. The van der Waals surface area contributed by atoms with E-state index in [4.69, 9.17) is 4.74 Å².